The number of benzene rings is 1. The molecule has 1 aromatic rings. The summed E-state index contributed by atoms with van der Waals surface area (Å²) in [6.07, 6.45) is 1.67. The summed E-state index contributed by atoms with van der Waals surface area (Å²) in [7, 11) is -0.821. The van der Waals surface area contributed by atoms with E-state index in [4.69, 9.17) is 5.73 Å². The van der Waals surface area contributed by atoms with Crippen molar-refractivity contribution in [2.24, 2.45) is 5.73 Å². The molecule has 0 aliphatic rings. The largest absolute Gasteiger partial charge is 0.323 e. The first-order chi connectivity index (χ1) is 5.70. The third-order valence-corrected chi connectivity index (χ3v) is 2.47. The van der Waals surface area contributed by atoms with E-state index in [1.807, 2.05) is 30.3 Å². The lowest BCUT2D eigenvalue weighted by atomic mass is 10.1. The molecule has 2 atom stereocenters. The molecule has 0 aromatic heterocycles. The Labute approximate surface area is 75.2 Å². The van der Waals surface area contributed by atoms with E-state index in [1.54, 1.807) is 6.26 Å². The van der Waals surface area contributed by atoms with Crippen molar-refractivity contribution in [1.82, 2.24) is 0 Å². The van der Waals surface area contributed by atoms with Crippen LogP contribution in [0.15, 0.2) is 30.3 Å². The number of rotatable bonds is 3. The van der Waals surface area contributed by atoms with Gasteiger partial charge in [0, 0.05) is 28.9 Å². The van der Waals surface area contributed by atoms with E-state index < -0.39 is 10.8 Å². The second kappa shape index (κ2) is 4.38. The zero-order valence-electron chi connectivity index (χ0n) is 7.07. The Hall–Kier alpha value is -0.670. The van der Waals surface area contributed by atoms with E-state index in [9.17, 15) is 4.21 Å². The van der Waals surface area contributed by atoms with Gasteiger partial charge in [-0.25, -0.2) is 0 Å². The van der Waals surface area contributed by atoms with Crippen molar-refractivity contribution in [3.8, 4) is 0 Å². The van der Waals surface area contributed by atoms with E-state index in [-0.39, 0.29) is 6.04 Å². The predicted octanol–water partition coefficient (Wildman–Crippen LogP) is 1.06. The van der Waals surface area contributed by atoms with E-state index in [0.717, 1.165) is 5.56 Å². The summed E-state index contributed by atoms with van der Waals surface area (Å²) in [6.45, 7) is 0. The maximum atomic E-state index is 10.9. The van der Waals surface area contributed by atoms with E-state index in [2.05, 4.69) is 0 Å². The van der Waals surface area contributed by atoms with Crippen molar-refractivity contribution in [2.75, 3.05) is 12.0 Å². The van der Waals surface area contributed by atoms with E-state index in [1.165, 1.54) is 0 Å². The zero-order chi connectivity index (χ0) is 8.97. The van der Waals surface area contributed by atoms with Crippen molar-refractivity contribution in [1.29, 1.82) is 0 Å². The molecule has 0 aliphatic carbocycles. The van der Waals surface area contributed by atoms with Gasteiger partial charge in [-0.15, -0.1) is 0 Å². The monoisotopic (exact) mass is 183 g/mol. The number of hydrogen-bond acceptors (Lipinski definition) is 2. The summed E-state index contributed by atoms with van der Waals surface area (Å²) in [5, 5.41) is 0. The Kier molecular flexibility index (Phi) is 3.44. The molecule has 1 rings (SSSR count). The SMILES string of the molecule is C[S@](=O)C[C@@H](N)c1ccccc1. The zero-order valence-corrected chi connectivity index (χ0v) is 7.88. The Morgan fingerprint density at radius 2 is 2.00 bits per heavy atom. The van der Waals surface area contributed by atoms with Crippen LogP contribution in [0.25, 0.3) is 0 Å². The standard InChI is InChI=1S/C9H13NOS/c1-12(11)7-9(10)8-5-3-2-4-6-8/h2-6,9H,7,10H2,1H3/t9-,12+/m1/s1. The molecule has 12 heavy (non-hydrogen) atoms. The fourth-order valence-corrected chi connectivity index (χ4v) is 1.75. The highest BCUT2D eigenvalue weighted by atomic mass is 32.2. The molecule has 0 fully saturated rings. The molecule has 0 aliphatic heterocycles. The van der Waals surface area contributed by atoms with Crippen LogP contribution in [0, 0.1) is 0 Å². The van der Waals surface area contributed by atoms with Crippen LogP contribution in [0.4, 0.5) is 0 Å². The minimum absolute atomic E-state index is 0.1000. The number of nitrogens with two attached hydrogens (primary N) is 1. The minimum atomic E-state index is -0.821. The van der Waals surface area contributed by atoms with Gasteiger partial charge in [0.1, 0.15) is 0 Å². The summed E-state index contributed by atoms with van der Waals surface area (Å²) < 4.78 is 10.9. The van der Waals surface area contributed by atoms with Crippen LogP contribution < -0.4 is 5.73 Å². The fraction of sp³-hybridized carbons (Fsp3) is 0.333. The topological polar surface area (TPSA) is 43.1 Å². The molecule has 0 saturated carbocycles. The summed E-state index contributed by atoms with van der Waals surface area (Å²) in [4.78, 5) is 0. The van der Waals surface area contributed by atoms with Gasteiger partial charge in [0.2, 0.25) is 0 Å². The van der Waals surface area contributed by atoms with Crippen LogP contribution in [0.3, 0.4) is 0 Å². The van der Waals surface area contributed by atoms with Crippen LogP contribution in [0.5, 0.6) is 0 Å². The van der Waals surface area contributed by atoms with Crippen LogP contribution in [-0.4, -0.2) is 16.2 Å². The van der Waals surface area contributed by atoms with E-state index in [0.29, 0.717) is 5.75 Å². The molecule has 0 unspecified atom stereocenters. The molecule has 66 valence electrons. The van der Waals surface area contributed by atoms with Crippen molar-refractivity contribution >= 4 is 10.8 Å². The summed E-state index contributed by atoms with van der Waals surface area (Å²) >= 11 is 0. The Bertz CT molecular complexity index is 260. The summed E-state index contributed by atoms with van der Waals surface area (Å²) in [5.74, 6) is 0.532. The number of hydrogen-bond donors (Lipinski definition) is 1. The molecule has 2 N–H and O–H groups in total. The minimum Gasteiger partial charge on any atom is -0.323 e. The second-order valence-corrected chi connectivity index (χ2v) is 4.24. The van der Waals surface area contributed by atoms with Gasteiger partial charge in [0.05, 0.1) is 0 Å². The molecule has 2 nitrogen and oxygen atoms in total. The first-order valence-corrected chi connectivity index (χ1v) is 5.53. The molecule has 0 bridgehead atoms. The maximum Gasteiger partial charge on any atom is 0.0425 e. The van der Waals surface area contributed by atoms with Gasteiger partial charge in [-0.2, -0.15) is 0 Å². The van der Waals surface area contributed by atoms with Crippen LogP contribution in [-0.2, 0) is 10.8 Å². The molecule has 1 aromatic carbocycles. The maximum absolute atomic E-state index is 10.9. The second-order valence-electron chi connectivity index (χ2n) is 2.76. The van der Waals surface area contributed by atoms with Gasteiger partial charge in [0.15, 0.2) is 0 Å². The molecule has 0 saturated heterocycles. The highest BCUT2D eigenvalue weighted by Crippen LogP contribution is 2.09. The lowest BCUT2D eigenvalue weighted by Gasteiger charge is -2.08. The fourth-order valence-electron chi connectivity index (χ4n) is 1.05. The van der Waals surface area contributed by atoms with Crippen LogP contribution >= 0.6 is 0 Å². The molecular weight excluding hydrogens is 170 g/mol. The lowest BCUT2D eigenvalue weighted by molar-refractivity contribution is 0.679. The van der Waals surface area contributed by atoms with E-state index >= 15 is 0 Å². The molecule has 0 amide bonds. The third kappa shape index (κ3) is 2.75. The highest BCUT2D eigenvalue weighted by Gasteiger charge is 2.05. The molecule has 0 spiro atoms. The molecule has 3 heteroatoms. The molecular formula is C9H13NOS. The summed E-state index contributed by atoms with van der Waals surface area (Å²) in [5.41, 5.74) is 6.85. The average molecular weight is 183 g/mol. The normalized spacial score (nSPS) is 15.5. The first kappa shape index (κ1) is 9.42. The lowest BCUT2D eigenvalue weighted by Crippen LogP contribution is -2.17. The Morgan fingerprint density at radius 1 is 1.42 bits per heavy atom. The van der Waals surface area contributed by atoms with Crippen molar-refractivity contribution in [3.05, 3.63) is 35.9 Å². The van der Waals surface area contributed by atoms with Gasteiger partial charge >= 0.3 is 0 Å². The van der Waals surface area contributed by atoms with Gasteiger partial charge in [-0.1, -0.05) is 30.3 Å². The van der Waals surface area contributed by atoms with Gasteiger partial charge in [-0.05, 0) is 5.56 Å². The summed E-state index contributed by atoms with van der Waals surface area (Å²) in [6, 6.07) is 9.63. The van der Waals surface area contributed by atoms with Gasteiger partial charge < -0.3 is 5.73 Å². The van der Waals surface area contributed by atoms with Gasteiger partial charge in [-0.3, -0.25) is 4.21 Å². The Balaban J connectivity index is 2.65. The molecule has 0 radical (unpaired) electrons. The van der Waals surface area contributed by atoms with Crippen molar-refractivity contribution in [3.63, 3.8) is 0 Å². The third-order valence-electron chi connectivity index (χ3n) is 1.64. The molecule has 0 heterocycles. The Morgan fingerprint density at radius 3 is 2.50 bits per heavy atom. The van der Waals surface area contributed by atoms with Crippen LogP contribution in [0.2, 0.25) is 0 Å². The quantitative estimate of drug-likeness (QED) is 0.761. The predicted molar refractivity (Wildman–Crippen MR) is 52.3 cm³/mol. The first-order valence-electron chi connectivity index (χ1n) is 3.80. The van der Waals surface area contributed by atoms with Crippen molar-refractivity contribution in [2.45, 2.75) is 6.04 Å². The van der Waals surface area contributed by atoms with Crippen molar-refractivity contribution < 1.29 is 4.21 Å². The van der Waals surface area contributed by atoms with Gasteiger partial charge in [0.25, 0.3) is 0 Å². The smallest absolute Gasteiger partial charge is 0.0425 e. The van der Waals surface area contributed by atoms with Crippen LogP contribution in [0.1, 0.15) is 11.6 Å². The average Bonchev–Trinajstić information content (AvgIpc) is 2.05. The highest BCUT2D eigenvalue weighted by molar-refractivity contribution is 7.84.